The van der Waals surface area contributed by atoms with Gasteiger partial charge >= 0.3 is 6.36 Å². The Hall–Kier alpha value is -2.25. The number of halogens is 3. The molecule has 0 N–H and O–H groups in total. The molecule has 1 unspecified atom stereocenters. The molecular formula is C15H17F3N4O. The topological polar surface area (TPSA) is 43.2 Å². The van der Waals surface area contributed by atoms with Crippen molar-refractivity contribution in [1.82, 2.24) is 14.5 Å². The lowest BCUT2D eigenvalue weighted by Crippen LogP contribution is -2.33. The van der Waals surface area contributed by atoms with E-state index in [-0.39, 0.29) is 11.8 Å². The first-order chi connectivity index (χ1) is 10.9. The van der Waals surface area contributed by atoms with E-state index >= 15 is 0 Å². The number of nitrogens with zero attached hydrogens (tertiary/aromatic N) is 4. The Morgan fingerprint density at radius 1 is 1.30 bits per heavy atom. The van der Waals surface area contributed by atoms with Crippen LogP contribution in [0, 0.1) is 6.92 Å². The number of aromatic nitrogens is 3. The first-order valence-corrected chi connectivity index (χ1v) is 7.38. The van der Waals surface area contributed by atoms with Crippen LogP contribution in [0.1, 0.15) is 18.7 Å². The van der Waals surface area contributed by atoms with E-state index in [9.17, 15) is 13.2 Å². The molecule has 3 heterocycles. The summed E-state index contributed by atoms with van der Waals surface area (Å²) >= 11 is 0. The molecule has 0 saturated carbocycles. The first-order valence-electron chi connectivity index (χ1n) is 7.38. The van der Waals surface area contributed by atoms with Gasteiger partial charge in [0.1, 0.15) is 17.4 Å². The van der Waals surface area contributed by atoms with E-state index in [1.807, 2.05) is 13.1 Å². The van der Waals surface area contributed by atoms with Crippen molar-refractivity contribution < 1.29 is 17.9 Å². The molecule has 0 spiro atoms. The van der Waals surface area contributed by atoms with Crippen LogP contribution in [-0.4, -0.2) is 33.5 Å². The highest BCUT2D eigenvalue weighted by Gasteiger charge is 2.31. The number of anilines is 1. The van der Waals surface area contributed by atoms with Crippen molar-refractivity contribution in [2.75, 3.05) is 11.4 Å². The minimum absolute atomic E-state index is 0.254. The zero-order chi connectivity index (χ0) is 16.4. The number of alkyl halides is 3. The third-order valence-electron chi connectivity index (χ3n) is 3.96. The predicted molar refractivity (Wildman–Crippen MR) is 78.3 cm³/mol. The molecule has 1 atom stereocenters. The summed E-state index contributed by atoms with van der Waals surface area (Å²) in [6.07, 6.45) is 2.15. The van der Waals surface area contributed by atoms with Crippen molar-refractivity contribution in [2.24, 2.45) is 0 Å². The van der Waals surface area contributed by atoms with Crippen LogP contribution in [0.4, 0.5) is 19.0 Å². The zero-order valence-corrected chi connectivity index (χ0v) is 12.6. The third kappa shape index (κ3) is 3.75. The number of pyridine rings is 1. The quantitative estimate of drug-likeness (QED) is 0.866. The summed E-state index contributed by atoms with van der Waals surface area (Å²) in [5.74, 6) is 1.31. The summed E-state index contributed by atoms with van der Waals surface area (Å²) < 4.78 is 42.5. The Kier molecular flexibility index (Phi) is 4.14. The molecule has 23 heavy (non-hydrogen) atoms. The van der Waals surface area contributed by atoms with Crippen molar-refractivity contribution in [1.29, 1.82) is 0 Å². The smallest absolute Gasteiger partial charge is 0.404 e. The van der Waals surface area contributed by atoms with Crippen LogP contribution in [0.5, 0.6) is 5.75 Å². The summed E-state index contributed by atoms with van der Waals surface area (Å²) in [5, 5.41) is 0. The molecule has 0 aliphatic carbocycles. The fourth-order valence-electron chi connectivity index (χ4n) is 2.89. The minimum atomic E-state index is -4.70. The average Bonchev–Trinajstić information content (AvgIpc) is 3.09. The summed E-state index contributed by atoms with van der Waals surface area (Å²) in [6, 6.07) is 3.12. The second-order valence-corrected chi connectivity index (χ2v) is 5.52. The second-order valence-electron chi connectivity index (χ2n) is 5.52. The van der Waals surface area contributed by atoms with Crippen LogP contribution in [0.2, 0.25) is 0 Å². The SMILES string of the molecule is Cc1nccn1CC1CCCN1c1ccc(OC(F)(F)F)cn1. The lowest BCUT2D eigenvalue weighted by molar-refractivity contribution is -0.274. The van der Waals surface area contributed by atoms with Gasteiger partial charge in [0.25, 0.3) is 0 Å². The fraction of sp³-hybridized carbons (Fsp3) is 0.467. The van der Waals surface area contributed by atoms with Crippen molar-refractivity contribution in [2.45, 2.75) is 38.7 Å². The Morgan fingerprint density at radius 3 is 2.74 bits per heavy atom. The van der Waals surface area contributed by atoms with Crippen molar-refractivity contribution in [3.05, 3.63) is 36.5 Å². The standard InChI is InChI=1S/C15H17F3N4O/c1-11-19-6-8-21(11)10-12-3-2-7-22(12)14-5-4-13(9-20-14)23-15(16,17)18/h4-6,8-9,12H,2-3,7,10H2,1H3. The number of hydrogen-bond donors (Lipinski definition) is 0. The summed E-state index contributed by atoms with van der Waals surface area (Å²) in [6.45, 7) is 3.57. The number of hydrogen-bond acceptors (Lipinski definition) is 4. The van der Waals surface area contributed by atoms with E-state index in [0.29, 0.717) is 5.82 Å². The van der Waals surface area contributed by atoms with E-state index in [2.05, 4.69) is 24.2 Å². The molecule has 5 nitrogen and oxygen atoms in total. The van der Waals surface area contributed by atoms with Crippen molar-refractivity contribution >= 4 is 5.82 Å². The van der Waals surface area contributed by atoms with E-state index < -0.39 is 6.36 Å². The van der Waals surface area contributed by atoms with Crippen LogP contribution in [-0.2, 0) is 6.54 Å². The van der Waals surface area contributed by atoms with Gasteiger partial charge in [-0.25, -0.2) is 9.97 Å². The van der Waals surface area contributed by atoms with Gasteiger partial charge in [-0.1, -0.05) is 0 Å². The average molecular weight is 326 g/mol. The molecule has 0 radical (unpaired) electrons. The molecule has 0 bridgehead atoms. The maximum atomic E-state index is 12.2. The molecule has 124 valence electrons. The summed E-state index contributed by atoms with van der Waals surface area (Å²) in [4.78, 5) is 10.5. The van der Waals surface area contributed by atoms with Crippen molar-refractivity contribution in [3.63, 3.8) is 0 Å². The van der Waals surface area contributed by atoms with Crippen LogP contribution in [0.25, 0.3) is 0 Å². The van der Waals surface area contributed by atoms with Gasteiger partial charge in [0, 0.05) is 31.5 Å². The van der Waals surface area contributed by atoms with Gasteiger partial charge in [-0.05, 0) is 31.9 Å². The first kappa shape index (κ1) is 15.6. The van der Waals surface area contributed by atoms with E-state index in [4.69, 9.17) is 0 Å². The highest BCUT2D eigenvalue weighted by Crippen LogP contribution is 2.28. The number of aryl methyl sites for hydroxylation is 1. The molecule has 1 saturated heterocycles. The monoisotopic (exact) mass is 326 g/mol. The van der Waals surface area contributed by atoms with Crippen LogP contribution in [0.15, 0.2) is 30.7 Å². The van der Waals surface area contributed by atoms with Gasteiger partial charge in [0.05, 0.1) is 6.20 Å². The molecule has 1 aliphatic rings. The fourth-order valence-corrected chi connectivity index (χ4v) is 2.89. The van der Waals surface area contributed by atoms with Gasteiger partial charge in [-0.3, -0.25) is 0 Å². The van der Waals surface area contributed by atoms with Crippen LogP contribution < -0.4 is 9.64 Å². The molecule has 2 aromatic heterocycles. The predicted octanol–water partition coefficient (Wildman–Crippen LogP) is 3.15. The van der Waals surface area contributed by atoms with Gasteiger partial charge in [0.2, 0.25) is 0 Å². The molecule has 8 heteroatoms. The third-order valence-corrected chi connectivity index (χ3v) is 3.96. The molecule has 3 rings (SSSR count). The molecule has 1 fully saturated rings. The summed E-state index contributed by atoms with van der Waals surface area (Å²) in [5.41, 5.74) is 0. The van der Waals surface area contributed by atoms with E-state index in [0.717, 1.165) is 38.0 Å². The van der Waals surface area contributed by atoms with E-state index in [1.54, 1.807) is 12.3 Å². The normalized spacial score (nSPS) is 18.4. The Balaban J connectivity index is 1.71. The molecular weight excluding hydrogens is 309 g/mol. The lowest BCUT2D eigenvalue weighted by atomic mass is 10.2. The molecule has 0 amide bonds. The van der Waals surface area contributed by atoms with Gasteiger partial charge in [-0.15, -0.1) is 13.2 Å². The lowest BCUT2D eigenvalue weighted by Gasteiger charge is -2.26. The van der Waals surface area contributed by atoms with E-state index in [1.165, 1.54) is 6.07 Å². The highest BCUT2D eigenvalue weighted by atomic mass is 19.4. The van der Waals surface area contributed by atoms with Crippen LogP contribution in [0.3, 0.4) is 0 Å². The Bertz CT molecular complexity index is 653. The molecule has 1 aliphatic heterocycles. The minimum Gasteiger partial charge on any atom is -0.404 e. The Morgan fingerprint density at radius 2 is 2.13 bits per heavy atom. The molecule has 2 aromatic rings. The zero-order valence-electron chi connectivity index (χ0n) is 12.6. The maximum absolute atomic E-state index is 12.2. The van der Waals surface area contributed by atoms with Gasteiger partial charge in [-0.2, -0.15) is 0 Å². The maximum Gasteiger partial charge on any atom is 0.573 e. The Labute approximate surface area is 131 Å². The number of imidazole rings is 1. The van der Waals surface area contributed by atoms with Gasteiger partial charge < -0.3 is 14.2 Å². The number of ether oxygens (including phenoxy) is 1. The summed E-state index contributed by atoms with van der Waals surface area (Å²) in [7, 11) is 0. The highest BCUT2D eigenvalue weighted by molar-refractivity contribution is 5.43. The van der Waals surface area contributed by atoms with Crippen LogP contribution >= 0.6 is 0 Å². The molecule has 0 aromatic carbocycles. The second kappa shape index (κ2) is 6.10. The van der Waals surface area contributed by atoms with Gasteiger partial charge in [0.15, 0.2) is 0 Å². The number of rotatable bonds is 4. The van der Waals surface area contributed by atoms with Crippen molar-refractivity contribution in [3.8, 4) is 5.75 Å². The largest absolute Gasteiger partial charge is 0.573 e.